The standard InChI is InChI=1S/C19H23N/c1-16(2)14-15-20-19-12-10-18(11-13-19)9-8-17-6-4-3-5-7-17/h3-7,10-14,20H,8-9,15H2,1-2H3. The molecule has 2 aromatic rings. The summed E-state index contributed by atoms with van der Waals surface area (Å²) in [6, 6.07) is 19.4. The van der Waals surface area contributed by atoms with E-state index in [1.807, 2.05) is 0 Å². The summed E-state index contributed by atoms with van der Waals surface area (Å²) in [6.07, 6.45) is 4.40. The molecule has 0 saturated heterocycles. The van der Waals surface area contributed by atoms with E-state index in [0.29, 0.717) is 0 Å². The number of allylic oxidation sites excluding steroid dienone is 1. The van der Waals surface area contributed by atoms with Crippen molar-refractivity contribution in [2.45, 2.75) is 26.7 Å². The molecule has 0 heterocycles. The van der Waals surface area contributed by atoms with Gasteiger partial charge < -0.3 is 5.32 Å². The Balaban J connectivity index is 1.84. The normalized spacial score (nSPS) is 10.1. The van der Waals surface area contributed by atoms with Crippen molar-refractivity contribution in [1.82, 2.24) is 0 Å². The molecule has 2 aromatic carbocycles. The van der Waals surface area contributed by atoms with E-state index in [1.54, 1.807) is 0 Å². The van der Waals surface area contributed by atoms with Crippen LogP contribution < -0.4 is 5.32 Å². The lowest BCUT2D eigenvalue weighted by atomic mass is 10.0. The van der Waals surface area contributed by atoms with Crippen LogP contribution in [-0.2, 0) is 12.8 Å². The predicted molar refractivity (Wildman–Crippen MR) is 88.2 cm³/mol. The molecule has 0 spiro atoms. The Bertz CT molecular complexity index is 534. The Morgan fingerprint density at radius 3 is 2.05 bits per heavy atom. The van der Waals surface area contributed by atoms with E-state index in [9.17, 15) is 0 Å². The molecule has 0 aliphatic rings. The minimum atomic E-state index is 0.895. The van der Waals surface area contributed by atoms with Crippen LogP contribution in [0.1, 0.15) is 25.0 Å². The first kappa shape index (κ1) is 14.4. The summed E-state index contributed by atoms with van der Waals surface area (Å²) >= 11 is 0. The van der Waals surface area contributed by atoms with Gasteiger partial charge in [0.25, 0.3) is 0 Å². The number of anilines is 1. The summed E-state index contributed by atoms with van der Waals surface area (Å²) in [7, 11) is 0. The quantitative estimate of drug-likeness (QED) is 0.736. The molecule has 0 atom stereocenters. The number of nitrogens with one attached hydrogen (secondary N) is 1. The molecule has 2 rings (SSSR count). The highest BCUT2D eigenvalue weighted by Gasteiger charge is 1.96. The van der Waals surface area contributed by atoms with Crippen LogP contribution in [-0.4, -0.2) is 6.54 Å². The number of hydrogen-bond donors (Lipinski definition) is 1. The molecule has 0 aliphatic heterocycles. The van der Waals surface area contributed by atoms with Crippen molar-refractivity contribution in [1.29, 1.82) is 0 Å². The molecule has 0 radical (unpaired) electrons. The largest absolute Gasteiger partial charge is 0.382 e. The molecule has 1 nitrogen and oxygen atoms in total. The number of benzene rings is 2. The highest BCUT2D eigenvalue weighted by Crippen LogP contribution is 2.12. The van der Waals surface area contributed by atoms with Gasteiger partial charge in [-0.15, -0.1) is 0 Å². The third-order valence-electron chi connectivity index (χ3n) is 3.32. The SMILES string of the molecule is CC(C)=CCNc1ccc(CCc2ccccc2)cc1. The van der Waals surface area contributed by atoms with E-state index in [4.69, 9.17) is 0 Å². The van der Waals surface area contributed by atoms with Gasteiger partial charge >= 0.3 is 0 Å². The number of aryl methyl sites for hydroxylation is 2. The fourth-order valence-corrected chi connectivity index (χ4v) is 2.10. The van der Waals surface area contributed by atoms with Gasteiger partial charge in [-0.2, -0.15) is 0 Å². The van der Waals surface area contributed by atoms with E-state index < -0.39 is 0 Å². The predicted octanol–water partition coefficient (Wildman–Crippen LogP) is 4.85. The first-order chi connectivity index (χ1) is 9.74. The van der Waals surface area contributed by atoms with Crippen molar-refractivity contribution >= 4 is 5.69 Å². The van der Waals surface area contributed by atoms with Crippen LogP contribution in [0.25, 0.3) is 0 Å². The minimum Gasteiger partial charge on any atom is -0.382 e. The Hall–Kier alpha value is -2.02. The summed E-state index contributed by atoms with van der Waals surface area (Å²) in [4.78, 5) is 0. The molecular weight excluding hydrogens is 242 g/mol. The smallest absolute Gasteiger partial charge is 0.0342 e. The van der Waals surface area contributed by atoms with Gasteiger partial charge in [0, 0.05) is 12.2 Å². The van der Waals surface area contributed by atoms with E-state index in [2.05, 4.69) is 79.8 Å². The second-order valence-electron chi connectivity index (χ2n) is 5.34. The molecule has 0 saturated carbocycles. The topological polar surface area (TPSA) is 12.0 Å². The molecular formula is C19H23N. The van der Waals surface area contributed by atoms with Crippen molar-refractivity contribution < 1.29 is 0 Å². The van der Waals surface area contributed by atoms with Crippen molar-refractivity contribution in [3.63, 3.8) is 0 Å². The Morgan fingerprint density at radius 2 is 1.45 bits per heavy atom. The zero-order valence-electron chi connectivity index (χ0n) is 12.4. The van der Waals surface area contributed by atoms with Crippen LogP contribution in [0.15, 0.2) is 66.2 Å². The van der Waals surface area contributed by atoms with Crippen molar-refractivity contribution in [2.24, 2.45) is 0 Å². The summed E-state index contributed by atoms with van der Waals surface area (Å²) in [5.41, 5.74) is 5.32. The van der Waals surface area contributed by atoms with Crippen LogP contribution in [0.3, 0.4) is 0 Å². The zero-order valence-corrected chi connectivity index (χ0v) is 12.4. The van der Waals surface area contributed by atoms with Crippen LogP contribution in [0.2, 0.25) is 0 Å². The van der Waals surface area contributed by atoms with Gasteiger partial charge in [-0.3, -0.25) is 0 Å². The molecule has 1 heteroatoms. The maximum absolute atomic E-state index is 3.40. The second kappa shape index (κ2) is 7.54. The summed E-state index contributed by atoms with van der Waals surface area (Å²) < 4.78 is 0. The second-order valence-corrected chi connectivity index (χ2v) is 5.34. The first-order valence-electron chi connectivity index (χ1n) is 7.24. The Kier molecular flexibility index (Phi) is 5.43. The van der Waals surface area contributed by atoms with Gasteiger partial charge in [-0.05, 0) is 49.9 Å². The van der Waals surface area contributed by atoms with Crippen molar-refractivity contribution in [3.05, 3.63) is 77.4 Å². The number of rotatable bonds is 6. The van der Waals surface area contributed by atoms with Crippen LogP contribution >= 0.6 is 0 Å². The van der Waals surface area contributed by atoms with E-state index in [-0.39, 0.29) is 0 Å². The van der Waals surface area contributed by atoms with Gasteiger partial charge in [-0.25, -0.2) is 0 Å². The fourth-order valence-electron chi connectivity index (χ4n) is 2.10. The Labute approximate surface area is 122 Å². The number of hydrogen-bond acceptors (Lipinski definition) is 1. The molecule has 0 bridgehead atoms. The van der Waals surface area contributed by atoms with E-state index >= 15 is 0 Å². The average molecular weight is 265 g/mol. The lowest BCUT2D eigenvalue weighted by molar-refractivity contribution is 0.960. The maximum Gasteiger partial charge on any atom is 0.0342 e. The van der Waals surface area contributed by atoms with Gasteiger partial charge in [-0.1, -0.05) is 54.1 Å². The average Bonchev–Trinajstić information content (AvgIpc) is 2.47. The molecule has 20 heavy (non-hydrogen) atoms. The van der Waals surface area contributed by atoms with Crippen LogP contribution in [0, 0.1) is 0 Å². The molecule has 0 unspecified atom stereocenters. The zero-order chi connectivity index (χ0) is 14.2. The molecule has 1 N–H and O–H groups in total. The van der Waals surface area contributed by atoms with Crippen LogP contribution in [0.5, 0.6) is 0 Å². The summed E-state index contributed by atoms with van der Waals surface area (Å²) in [5, 5.41) is 3.40. The Morgan fingerprint density at radius 1 is 0.850 bits per heavy atom. The van der Waals surface area contributed by atoms with Crippen molar-refractivity contribution in [3.8, 4) is 0 Å². The van der Waals surface area contributed by atoms with E-state index in [0.717, 1.165) is 19.4 Å². The lowest BCUT2D eigenvalue weighted by Gasteiger charge is -2.06. The first-order valence-corrected chi connectivity index (χ1v) is 7.24. The monoisotopic (exact) mass is 265 g/mol. The van der Waals surface area contributed by atoms with Gasteiger partial charge in [0.2, 0.25) is 0 Å². The van der Waals surface area contributed by atoms with Gasteiger partial charge in [0.1, 0.15) is 0 Å². The molecule has 104 valence electrons. The van der Waals surface area contributed by atoms with Gasteiger partial charge in [0.05, 0.1) is 0 Å². The minimum absolute atomic E-state index is 0.895. The molecule has 0 aromatic heterocycles. The maximum atomic E-state index is 3.40. The summed E-state index contributed by atoms with van der Waals surface area (Å²) in [5.74, 6) is 0. The van der Waals surface area contributed by atoms with Crippen LogP contribution in [0.4, 0.5) is 5.69 Å². The molecule has 0 amide bonds. The van der Waals surface area contributed by atoms with Gasteiger partial charge in [0.15, 0.2) is 0 Å². The molecule has 0 aliphatic carbocycles. The third-order valence-corrected chi connectivity index (χ3v) is 3.32. The highest BCUT2D eigenvalue weighted by atomic mass is 14.8. The molecule has 0 fully saturated rings. The fraction of sp³-hybridized carbons (Fsp3) is 0.263. The third kappa shape index (κ3) is 4.93. The van der Waals surface area contributed by atoms with Crippen molar-refractivity contribution in [2.75, 3.05) is 11.9 Å². The summed E-state index contributed by atoms with van der Waals surface area (Å²) in [6.45, 7) is 5.13. The highest BCUT2D eigenvalue weighted by molar-refractivity contribution is 5.45. The van der Waals surface area contributed by atoms with E-state index in [1.165, 1.54) is 22.4 Å². The lowest BCUT2D eigenvalue weighted by Crippen LogP contribution is -1.99.